The van der Waals surface area contributed by atoms with E-state index in [1.54, 1.807) is 0 Å². The number of benzene rings is 1. The number of hydrogen-bond donors (Lipinski definition) is 0. The summed E-state index contributed by atoms with van der Waals surface area (Å²) in [5.41, 5.74) is 0.783. The number of carbonyl (C=O) groups is 1. The third kappa shape index (κ3) is 2.20. The van der Waals surface area contributed by atoms with Crippen molar-refractivity contribution in [2.75, 3.05) is 13.2 Å². The van der Waals surface area contributed by atoms with E-state index >= 15 is 0 Å². The Morgan fingerprint density at radius 3 is 2.50 bits per heavy atom. The third-order valence-electron chi connectivity index (χ3n) is 4.49. The van der Waals surface area contributed by atoms with Gasteiger partial charge in [-0.15, -0.1) is 0 Å². The predicted octanol–water partition coefficient (Wildman–Crippen LogP) is 3.31. The van der Waals surface area contributed by atoms with E-state index in [4.69, 9.17) is 9.47 Å². The fourth-order valence-electron chi connectivity index (χ4n) is 3.50. The van der Waals surface area contributed by atoms with E-state index in [-0.39, 0.29) is 5.92 Å². The van der Waals surface area contributed by atoms with E-state index in [2.05, 4.69) is 11.8 Å². The highest BCUT2D eigenvalue weighted by Crippen LogP contribution is 2.46. The van der Waals surface area contributed by atoms with Crippen LogP contribution in [0.3, 0.4) is 0 Å². The molecule has 2 atom stereocenters. The maximum atomic E-state index is 12.7. The second kappa shape index (κ2) is 4.99. The first-order chi connectivity index (χ1) is 9.79. The van der Waals surface area contributed by atoms with Crippen LogP contribution in [0.15, 0.2) is 18.2 Å². The lowest BCUT2D eigenvalue weighted by Gasteiger charge is -2.26. The van der Waals surface area contributed by atoms with Crippen molar-refractivity contribution in [2.24, 2.45) is 5.92 Å². The Morgan fingerprint density at radius 1 is 1.05 bits per heavy atom. The standard InChI is InChI=1S/C16H18O3S/c17-16(11-7-12-2-3-13(8-11)20-12)10-1-4-14-15(9-10)19-6-5-18-14/h1,4,9,11-13H,2-3,5-8H2. The summed E-state index contributed by atoms with van der Waals surface area (Å²) in [5, 5.41) is 1.42. The lowest BCUT2D eigenvalue weighted by Crippen LogP contribution is -2.25. The van der Waals surface area contributed by atoms with Gasteiger partial charge in [0.25, 0.3) is 0 Å². The highest BCUT2D eigenvalue weighted by Gasteiger charge is 2.38. The number of Topliss-reactive ketones (excluding diaryl/α,β-unsaturated/α-hetero) is 1. The van der Waals surface area contributed by atoms with E-state index in [0.29, 0.717) is 29.5 Å². The maximum Gasteiger partial charge on any atom is 0.166 e. The monoisotopic (exact) mass is 290 g/mol. The van der Waals surface area contributed by atoms with Gasteiger partial charge in [-0.3, -0.25) is 4.79 Å². The van der Waals surface area contributed by atoms with Crippen molar-refractivity contribution < 1.29 is 14.3 Å². The highest BCUT2D eigenvalue weighted by molar-refractivity contribution is 8.00. The number of thioether (sulfide) groups is 1. The fraction of sp³-hybridized carbons (Fsp3) is 0.562. The molecule has 0 amide bonds. The molecule has 2 fully saturated rings. The van der Waals surface area contributed by atoms with Gasteiger partial charge in [0.2, 0.25) is 0 Å². The summed E-state index contributed by atoms with van der Waals surface area (Å²) in [6, 6.07) is 5.62. The fourth-order valence-corrected chi connectivity index (χ4v) is 5.28. The van der Waals surface area contributed by atoms with Gasteiger partial charge in [0.15, 0.2) is 17.3 Å². The molecule has 0 aliphatic carbocycles. The summed E-state index contributed by atoms with van der Waals surface area (Å²) in [6.07, 6.45) is 4.68. The van der Waals surface area contributed by atoms with Crippen LogP contribution in [-0.4, -0.2) is 29.5 Å². The van der Waals surface area contributed by atoms with Gasteiger partial charge in [0, 0.05) is 22.0 Å². The number of carbonyl (C=O) groups excluding carboxylic acids is 1. The Labute approximate surface area is 123 Å². The molecular weight excluding hydrogens is 272 g/mol. The van der Waals surface area contributed by atoms with Gasteiger partial charge in [-0.05, 0) is 43.9 Å². The smallest absolute Gasteiger partial charge is 0.166 e. The first-order valence-electron chi connectivity index (χ1n) is 7.39. The summed E-state index contributed by atoms with van der Waals surface area (Å²) in [5.74, 6) is 1.97. The van der Waals surface area contributed by atoms with Crippen molar-refractivity contribution in [1.29, 1.82) is 0 Å². The van der Waals surface area contributed by atoms with Crippen LogP contribution in [0.2, 0.25) is 0 Å². The zero-order valence-corrected chi connectivity index (χ0v) is 12.2. The molecule has 106 valence electrons. The van der Waals surface area contributed by atoms with E-state index in [1.807, 2.05) is 18.2 Å². The highest BCUT2D eigenvalue weighted by atomic mass is 32.2. The molecule has 3 heterocycles. The molecule has 3 nitrogen and oxygen atoms in total. The largest absolute Gasteiger partial charge is 0.486 e. The summed E-state index contributed by atoms with van der Waals surface area (Å²) in [7, 11) is 0. The van der Waals surface area contributed by atoms with Crippen LogP contribution in [0, 0.1) is 5.92 Å². The Kier molecular flexibility index (Phi) is 3.14. The normalized spacial score (nSPS) is 31.1. The summed E-state index contributed by atoms with van der Waals surface area (Å²) < 4.78 is 11.1. The Hall–Kier alpha value is -1.16. The molecule has 0 saturated carbocycles. The molecule has 0 N–H and O–H groups in total. The molecule has 4 heteroatoms. The maximum absolute atomic E-state index is 12.7. The van der Waals surface area contributed by atoms with Crippen molar-refractivity contribution in [2.45, 2.75) is 36.2 Å². The van der Waals surface area contributed by atoms with E-state index < -0.39 is 0 Å². The van der Waals surface area contributed by atoms with Crippen LogP contribution >= 0.6 is 11.8 Å². The van der Waals surface area contributed by atoms with Gasteiger partial charge in [0.1, 0.15) is 13.2 Å². The number of ketones is 1. The van der Waals surface area contributed by atoms with Gasteiger partial charge in [-0.1, -0.05) is 0 Å². The summed E-state index contributed by atoms with van der Waals surface area (Å²) >= 11 is 2.09. The Morgan fingerprint density at radius 2 is 1.75 bits per heavy atom. The molecule has 0 aromatic heterocycles. The Balaban J connectivity index is 1.56. The van der Waals surface area contributed by atoms with Crippen molar-refractivity contribution in [1.82, 2.24) is 0 Å². The first kappa shape index (κ1) is 12.6. The number of rotatable bonds is 2. The number of fused-ring (bicyclic) bond motifs is 3. The minimum absolute atomic E-state index is 0.205. The second-order valence-corrected chi connectivity index (χ2v) is 7.45. The average molecular weight is 290 g/mol. The molecular formula is C16H18O3S. The van der Waals surface area contributed by atoms with Crippen LogP contribution in [0.25, 0.3) is 0 Å². The lowest BCUT2D eigenvalue weighted by molar-refractivity contribution is 0.0905. The lowest BCUT2D eigenvalue weighted by atomic mass is 9.90. The van der Waals surface area contributed by atoms with Gasteiger partial charge in [0.05, 0.1) is 0 Å². The van der Waals surface area contributed by atoms with Crippen LogP contribution in [0.4, 0.5) is 0 Å². The second-order valence-electron chi connectivity index (χ2n) is 5.85. The molecule has 3 aliphatic heterocycles. The van der Waals surface area contributed by atoms with Gasteiger partial charge in [-0.2, -0.15) is 11.8 Å². The number of ether oxygens (including phenoxy) is 2. The molecule has 1 aromatic carbocycles. The van der Waals surface area contributed by atoms with Crippen LogP contribution < -0.4 is 9.47 Å². The van der Waals surface area contributed by atoms with Crippen LogP contribution in [0.1, 0.15) is 36.0 Å². The third-order valence-corrected chi connectivity index (χ3v) is 6.11. The van der Waals surface area contributed by atoms with Crippen LogP contribution in [0.5, 0.6) is 11.5 Å². The van der Waals surface area contributed by atoms with Crippen molar-refractivity contribution >= 4 is 17.5 Å². The molecule has 20 heavy (non-hydrogen) atoms. The van der Waals surface area contributed by atoms with Crippen LogP contribution in [-0.2, 0) is 0 Å². The molecule has 1 aromatic rings. The van der Waals surface area contributed by atoms with E-state index in [1.165, 1.54) is 12.8 Å². The molecule has 3 aliphatic rings. The molecule has 2 unspecified atom stereocenters. The van der Waals surface area contributed by atoms with Crippen molar-refractivity contribution in [3.8, 4) is 11.5 Å². The molecule has 4 rings (SSSR count). The zero-order valence-electron chi connectivity index (χ0n) is 11.3. The van der Waals surface area contributed by atoms with E-state index in [9.17, 15) is 4.79 Å². The van der Waals surface area contributed by atoms with Gasteiger partial charge in [-0.25, -0.2) is 0 Å². The Bertz CT molecular complexity index is 531. The number of hydrogen-bond acceptors (Lipinski definition) is 4. The molecule has 2 saturated heterocycles. The zero-order chi connectivity index (χ0) is 13.5. The quantitative estimate of drug-likeness (QED) is 0.783. The molecule has 0 spiro atoms. The molecule has 0 radical (unpaired) electrons. The minimum Gasteiger partial charge on any atom is -0.486 e. The predicted molar refractivity (Wildman–Crippen MR) is 78.9 cm³/mol. The van der Waals surface area contributed by atoms with E-state index in [0.717, 1.165) is 29.9 Å². The topological polar surface area (TPSA) is 35.5 Å². The SMILES string of the molecule is O=C(c1ccc2c(c1)OCCO2)C1CC2CCC(C1)S2. The molecule has 2 bridgehead atoms. The first-order valence-corrected chi connectivity index (χ1v) is 8.33. The minimum atomic E-state index is 0.205. The van der Waals surface area contributed by atoms with Gasteiger partial charge < -0.3 is 9.47 Å². The van der Waals surface area contributed by atoms with Gasteiger partial charge >= 0.3 is 0 Å². The van der Waals surface area contributed by atoms with Crippen molar-refractivity contribution in [3.63, 3.8) is 0 Å². The van der Waals surface area contributed by atoms with Crippen molar-refractivity contribution in [3.05, 3.63) is 23.8 Å². The average Bonchev–Trinajstić information content (AvgIpc) is 2.84. The summed E-state index contributed by atoms with van der Waals surface area (Å²) in [6.45, 7) is 1.15. The summed E-state index contributed by atoms with van der Waals surface area (Å²) in [4.78, 5) is 12.7.